The molecule has 3 aromatic heterocycles. The smallest absolute Gasteiger partial charge is 0.433 e. The number of hydrogen-bond donors (Lipinski definition) is 1. The van der Waals surface area contributed by atoms with Gasteiger partial charge >= 0.3 is 12.1 Å². The van der Waals surface area contributed by atoms with Crippen LogP contribution in [0.3, 0.4) is 0 Å². The van der Waals surface area contributed by atoms with E-state index in [0.717, 1.165) is 10.7 Å². The van der Waals surface area contributed by atoms with Crippen molar-refractivity contribution in [1.82, 2.24) is 19.7 Å². The highest BCUT2D eigenvalue weighted by molar-refractivity contribution is 6.04. The summed E-state index contributed by atoms with van der Waals surface area (Å²) in [5.74, 6) is -0.919. The Morgan fingerprint density at radius 2 is 1.74 bits per heavy atom. The molecule has 0 saturated heterocycles. The van der Waals surface area contributed by atoms with E-state index in [1.807, 2.05) is 0 Å². The third-order valence-corrected chi connectivity index (χ3v) is 4.76. The molecular weight excluding hydrogens is 451 g/mol. The third kappa shape index (κ3) is 4.77. The highest BCUT2D eigenvalue weighted by Gasteiger charge is 2.36. The van der Waals surface area contributed by atoms with Crippen molar-refractivity contribution in [1.29, 1.82) is 0 Å². The number of pyridine rings is 2. The Labute approximate surface area is 191 Å². The van der Waals surface area contributed by atoms with Crippen LogP contribution < -0.4 is 5.32 Å². The number of nitrogens with one attached hydrogen (secondary N) is 1. The Kier molecular flexibility index (Phi) is 6.09. The van der Waals surface area contributed by atoms with Gasteiger partial charge in [0.05, 0.1) is 30.3 Å². The molecule has 3 heterocycles. The number of aromatic nitrogens is 4. The molecule has 0 radical (unpaired) electrons. The lowest BCUT2D eigenvalue weighted by molar-refractivity contribution is -0.142. The lowest BCUT2D eigenvalue weighted by Crippen LogP contribution is -2.15. The second kappa shape index (κ2) is 9.14. The first-order valence-corrected chi connectivity index (χ1v) is 9.80. The minimum atomic E-state index is -4.66. The van der Waals surface area contributed by atoms with E-state index < -0.39 is 23.7 Å². The Balaban J connectivity index is 1.56. The number of carbonyl (C=O) groups excluding carboxylic acids is 2. The molecule has 0 aliphatic carbocycles. The van der Waals surface area contributed by atoms with Crippen molar-refractivity contribution in [2.75, 3.05) is 12.4 Å². The maximum atomic E-state index is 13.6. The molecule has 0 spiro atoms. The van der Waals surface area contributed by atoms with Gasteiger partial charge in [-0.2, -0.15) is 18.3 Å². The topological polar surface area (TPSA) is 99.0 Å². The first kappa shape index (κ1) is 22.6. The molecule has 0 bridgehead atoms. The van der Waals surface area contributed by atoms with E-state index in [-0.39, 0.29) is 28.3 Å². The fourth-order valence-electron chi connectivity index (χ4n) is 3.08. The average Bonchev–Trinajstić information content (AvgIpc) is 3.31. The second-order valence-electron chi connectivity index (χ2n) is 6.99. The summed E-state index contributed by atoms with van der Waals surface area (Å²) in [6.07, 6.45) is -0.557. The van der Waals surface area contributed by atoms with E-state index in [1.165, 1.54) is 62.1 Å². The number of rotatable bonds is 5. The predicted molar refractivity (Wildman–Crippen MR) is 115 cm³/mol. The maximum absolute atomic E-state index is 13.6. The average molecular weight is 467 g/mol. The summed E-state index contributed by atoms with van der Waals surface area (Å²) in [7, 11) is 1.25. The highest BCUT2D eigenvalue weighted by atomic mass is 19.4. The fourth-order valence-corrected chi connectivity index (χ4v) is 3.08. The molecule has 0 unspecified atom stereocenters. The molecular formula is C23H16F3N5O3. The largest absolute Gasteiger partial charge is 0.465 e. The number of amides is 1. The molecule has 172 valence electrons. The predicted octanol–water partition coefficient (Wildman–Crippen LogP) is 4.39. The van der Waals surface area contributed by atoms with Gasteiger partial charge in [0.2, 0.25) is 0 Å². The van der Waals surface area contributed by atoms with Crippen molar-refractivity contribution < 1.29 is 27.5 Å². The van der Waals surface area contributed by atoms with Gasteiger partial charge in [-0.05, 0) is 54.6 Å². The number of ether oxygens (including phenoxy) is 1. The zero-order valence-electron chi connectivity index (χ0n) is 17.6. The number of carbonyl (C=O) groups is 2. The van der Waals surface area contributed by atoms with E-state index >= 15 is 0 Å². The lowest BCUT2D eigenvalue weighted by Gasteiger charge is -2.10. The van der Waals surface area contributed by atoms with E-state index in [4.69, 9.17) is 0 Å². The zero-order chi connectivity index (χ0) is 24.3. The van der Waals surface area contributed by atoms with Gasteiger partial charge in [0.15, 0.2) is 0 Å². The number of benzene rings is 1. The molecule has 0 aliphatic rings. The molecule has 0 atom stereocenters. The van der Waals surface area contributed by atoms with Crippen LogP contribution in [0.1, 0.15) is 26.4 Å². The second-order valence-corrected chi connectivity index (χ2v) is 6.99. The molecule has 0 saturated carbocycles. The SMILES string of the molecule is COC(=O)c1ccc(C(=O)Nc2ccc(-n3nc(-c4cccnc4)cc3C(F)(F)F)cn2)cc1. The molecule has 1 amide bonds. The standard InChI is InChI=1S/C23H16F3N5O3/c1-34-22(33)15-6-4-14(5-7-15)21(32)29-20-9-8-17(13-28-20)31-19(23(24,25)26)11-18(30-31)16-3-2-10-27-12-16/h2-13H,1H3,(H,28,29,32). The van der Waals surface area contributed by atoms with E-state index in [2.05, 4.69) is 25.1 Å². The molecule has 4 rings (SSSR count). The van der Waals surface area contributed by atoms with Crippen molar-refractivity contribution in [2.45, 2.75) is 6.18 Å². The molecule has 34 heavy (non-hydrogen) atoms. The monoisotopic (exact) mass is 467 g/mol. The van der Waals surface area contributed by atoms with Crippen LogP contribution in [0, 0.1) is 0 Å². The summed E-state index contributed by atoms with van der Waals surface area (Å²) in [5, 5.41) is 6.63. The van der Waals surface area contributed by atoms with Crippen LogP contribution in [0.4, 0.5) is 19.0 Å². The summed E-state index contributed by atoms with van der Waals surface area (Å²) in [6, 6.07) is 12.6. The Morgan fingerprint density at radius 3 is 2.32 bits per heavy atom. The van der Waals surface area contributed by atoms with Gasteiger partial charge in [-0.25, -0.2) is 14.5 Å². The first-order valence-electron chi connectivity index (χ1n) is 9.80. The van der Waals surface area contributed by atoms with Crippen molar-refractivity contribution >= 4 is 17.7 Å². The number of methoxy groups -OCH3 is 1. The van der Waals surface area contributed by atoms with Gasteiger partial charge in [-0.3, -0.25) is 9.78 Å². The molecule has 0 aliphatic heterocycles. The molecule has 4 aromatic rings. The number of esters is 1. The van der Waals surface area contributed by atoms with Crippen LogP contribution in [0.25, 0.3) is 16.9 Å². The molecule has 1 N–H and O–H groups in total. The van der Waals surface area contributed by atoms with Crippen molar-refractivity contribution in [3.63, 3.8) is 0 Å². The molecule has 8 nitrogen and oxygen atoms in total. The van der Waals surface area contributed by atoms with Gasteiger partial charge in [0, 0.05) is 23.5 Å². The molecule has 0 fully saturated rings. The lowest BCUT2D eigenvalue weighted by atomic mass is 10.1. The number of alkyl halides is 3. The van der Waals surface area contributed by atoms with Crippen LogP contribution in [-0.2, 0) is 10.9 Å². The Hall–Kier alpha value is -4.54. The van der Waals surface area contributed by atoms with Gasteiger partial charge < -0.3 is 10.1 Å². The maximum Gasteiger partial charge on any atom is 0.433 e. The highest BCUT2D eigenvalue weighted by Crippen LogP contribution is 2.33. The fraction of sp³-hybridized carbons (Fsp3) is 0.0870. The van der Waals surface area contributed by atoms with E-state index in [1.54, 1.807) is 12.1 Å². The van der Waals surface area contributed by atoms with Gasteiger partial charge in [0.1, 0.15) is 11.5 Å². The Morgan fingerprint density at radius 1 is 1.00 bits per heavy atom. The molecule has 1 aromatic carbocycles. The summed E-state index contributed by atoms with van der Waals surface area (Å²) < 4.78 is 46.2. The van der Waals surface area contributed by atoms with Crippen molar-refractivity contribution in [2.24, 2.45) is 0 Å². The minimum absolute atomic E-state index is 0.0582. The number of hydrogen-bond acceptors (Lipinski definition) is 6. The van der Waals surface area contributed by atoms with Crippen LogP contribution in [-0.4, -0.2) is 38.7 Å². The van der Waals surface area contributed by atoms with Gasteiger partial charge in [-0.15, -0.1) is 0 Å². The number of nitrogens with zero attached hydrogens (tertiary/aromatic N) is 4. The molecule has 11 heteroatoms. The summed E-state index contributed by atoms with van der Waals surface area (Å²) >= 11 is 0. The number of anilines is 1. The third-order valence-electron chi connectivity index (χ3n) is 4.76. The van der Waals surface area contributed by atoms with E-state index in [9.17, 15) is 22.8 Å². The Bertz CT molecular complexity index is 1320. The van der Waals surface area contributed by atoms with Crippen molar-refractivity contribution in [3.05, 3.63) is 90.0 Å². The van der Waals surface area contributed by atoms with Crippen molar-refractivity contribution in [3.8, 4) is 16.9 Å². The summed E-state index contributed by atoms with van der Waals surface area (Å²) in [5.41, 5.74) is 0.159. The van der Waals surface area contributed by atoms with Gasteiger partial charge in [-0.1, -0.05) is 0 Å². The number of halogens is 3. The van der Waals surface area contributed by atoms with Crippen LogP contribution in [0.15, 0.2) is 73.2 Å². The minimum Gasteiger partial charge on any atom is -0.465 e. The zero-order valence-corrected chi connectivity index (χ0v) is 17.6. The van der Waals surface area contributed by atoms with Crippen LogP contribution in [0.5, 0.6) is 0 Å². The summed E-state index contributed by atoms with van der Waals surface area (Å²) in [4.78, 5) is 31.9. The van der Waals surface area contributed by atoms with Crippen LogP contribution >= 0.6 is 0 Å². The first-order chi connectivity index (χ1) is 16.3. The quantitative estimate of drug-likeness (QED) is 0.437. The summed E-state index contributed by atoms with van der Waals surface area (Å²) in [6.45, 7) is 0. The van der Waals surface area contributed by atoms with Gasteiger partial charge in [0.25, 0.3) is 5.91 Å². The normalized spacial score (nSPS) is 11.2. The van der Waals surface area contributed by atoms with E-state index in [0.29, 0.717) is 5.56 Å². The van der Waals surface area contributed by atoms with Crippen LogP contribution in [0.2, 0.25) is 0 Å².